The molecule has 0 aromatic rings. The summed E-state index contributed by atoms with van der Waals surface area (Å²) in [6.45, 7) is -1.68. The molecular weight excluding hydrogens is 306 g/mol. The van der Waals surface area contributed by atoms with Crippen LogP contribution in [0.15, 0.2) is 12.2 Å². The topological polar surface area (TPSA) is 55.4 Å². The number of esters is 1. The molecule has 2 atom stereocenters. The summed E-state index contributed by atoms with van der Waals surface area (Å²) in [5.41, 5.74) is 0. The minimum atomic E-state index is -4.38. The van der Waals surface area contributed by atoms with Crippen molar-refractivity contribution in [1.29, 1.82) is 0 Å². The second-order valence-electron chi connectivity index (χ2n) is 5.61. The van der Waals surface area contributed by atoms with E-state index >= 15 is 0 Å². The number of alkyl halides is 4. The molecule has 0 radical (unpaired) electrons. The number of nitrogens with one attached hydrogen (secondary N) is 1. The molecule has 1 amide bonds. The fourth-order valence-electron chi connectivity index (χ4n) is 2.24. The van der Waals surface area contributed by atoms with Gasteiger partial charge < -0.3 is 10.1 Å². The van der Waals surface area contributed by atoms with Gasteiger partial charge in [0, 0.05) is 6.04 Å². The van der Waals surface area contributed by atoms with Crippen LogP contribution in [0.5, 0.6) is 0 Å². The Kier molecular flexibility index (Phi) is 5.08. The molecule has 0 bridgehead atoms. The van der Waals surface area contributed by atoms with Gasteiger partial charge in [-0.25, -0.2) is 8.78 Å². The summed E-state index contributed by atoms with van der Waals surface area (Å²) in [4.78, 5) is 23.9. The zero-order chi connectivity index (χ0) is 16.3. The number of amides is 1. The number of allylic oxidation sites excluding steroid dienone is 2. The predicted octanol–water partition coefficient (Wildman–Crippen LogP) is 2.29. The molecule has 124 valence electrons. The van der Waals surface area contributed by atoms with E-state index in [1.54, 1.807) is 12.2 Å². The SMILES string of the molecule is O=C(NC1CC1)[C@@H]1CC=CC[C@H]1C(=O)OCC(F)(F)C(F)F. The molecule has 0 spiro atoms. The third-order valence-electron chi connectivity index (χ3n) is 3.72. The highest BCUT2D eigenvalue weighted by atomic mass is 19.3. The second-order valence-corrected chi connectivity index (χ2v) is 5.61. The van der Waals surface area contributed by atoms with Gasteiger partial charge in [-0.1, -0.05) is 12.2 Å². The van der Waals surface area contributed by atoms with Crippen LogP contribution in [0.1, 0.15) is 25.7 Å². The van der Waals surface area contributed by atoms with Crippen molar-refractivity contribution in [3.63, 3.8) is 0 Å². The molecule has 4 nitrogen and oxygen atoms in total. The van der Waals surface area contributed by atoms with Gasteiger partial charge in [0.25, 0.3) is 0 Å². The van der Waals surface area contributed by atoms with Crippen LogP contribution < -0.4 is 5.32 Å². The first-order chi connectivity index (χ1) is 10.3. The highest BCUT2D eigenvalue weighted by Gasteiger charge is 2.44. The molecule has 0 aromatic heterocycles. The molecular formula is C14H17F4NO3. The van der Waals surface area contributed by atoms with Crippen molar-refractivity contribution in [2.45, 2.75) is 44.1 Å². The number of carbonyl (C=O) groups excluding carboxylic acids is 2. The van der Waals surface area contributed by atoms with E-state index in [2.05, 4.69) is 10.1 Å². The molecule has 22 heavy (non-hydrogen) atoms. The summed E-state index contributed by atoms with van der Waals surface area (Å²) < 4.78 is 54.0. The molecule has 2 aliphatic rings. The van der Waals surface area contributed by atoms with E-state index in [1.807, 2.05) is 0 Å². The maximum atomic E-state index is 12.8. The first-order valence-electron chi connectivity index (χ1n) is 7.09. The predicted molar refractivity (Wildman–Crippen MR) is 68.4 cm³/mol. The molecule has 8 heteroatoms. The van der Waals surface area contributed by atoms with E-state index < -0.39 is 36.8 Å². The lowest BCUT2D eigenvalue weighted by Crippen LogP contribution is -2.41. The smallest absolute Gasteiger partial charge is 0.340 e. The van der Waals surface area contributed by atoms with Gasteiger partial charge >= 0.3 is 18.3 Å². The standard InChI is InChI=1S/C14H17F4NO3/c15-13(16)14(17,18)7-22-12(21)10-4-2-1-3-9(10)11(20)19-8-5-6-8/h1-2,8-10,13H,3-7H2,(H,19,20)/t9-,10-/m1/s1. The molecule has 1 fully saturated rings. The van der Waals surface area contributed by atoms with Crippen LogP contribution in [0, 0.1) is 11.8 Å². The number of ether oxygens (including phenoxy) is 1. The van der Waals surface area contributed by atoms with Crippen molar-refractivity contribution in [3.05, 3.63) is 12.2 Å². The molecule has 1 saturated carbocycles. The van der Waals surface area contributed by atoms with Gasteiger partial charge in [-0.3, -0.25) is 9.59 Å². The fraction of sp³-hybridized carbons (Fsp3) is 0.714. The summed E-state index contributed by atoms with van der Waals surface area (Å²) in [6.07, 6.45) is 1.70. The van der Waals surface area contributed by atoms with Gasteiger partial charge in [0.2, 0.25) is 5.91 Å². The first kappa shape index (κ1) is 16.8. The second kappa shape index (κ2) is 6.66. The van der Waals surface area contributed by atoms with Crippen molar-refractivity contribution in [2.75, 3.05) is 6.61 Å². The van der Waals surface area contributed by atoms with E-state index in [1.165, 1.54) is 0 Å². The average molecular weight is 323 g/mol. The maximum Gasteiger partial charge on any atom is 0.340 e. The van der Waals surface area contributed by atoms with E-state index in [0.29, 0.717) is 6.42 Å². The Morgan fingerprint density at radius 3 is 2.32 bits per heavy atom. The molecule has 2 aliphatic carbocycles. The number of hydrogen-bond donors (Lipinski definition) is 1. The van der Waals surface area contributed by atoms with Crippen LogP contribution >= 0.6 is 0 Å². The van der Waals surface area contributed by atoms with Crippen LogP contribution in [0.2, 0.25) is 0 Å². The van der Waals surface area contributed by atoms with Crippen LogP contribution in [0.25, 0.3) is 0 Å². The number of hydrogen-bond acceptors (Lipinski definition) is 3. The molecule has 0 saturated heterocycles. The molecule has 0 unspecified atom stereocenters. The fourth-order valence-corrected chi connectivity index (χ4v) is 2.24. The number of halogens is 4. The van der Waals surface area contributed by atoms with E-state index in [4.69, 9.17) is 0 Å². The normalized spacial score (nSPS) is 25.1. The zero-order valence-electron chi connectivity index (χ0n) is 11.7. The van der Waals surface area contributed by atoms with Crippen molar-refractivity contribution in [1.82, 2.24) is 5.32 Å². The van der Waals surface area contributed by atoms with Crippen molar-refractivity contribution in [3.8, 4) is 0 Å². The van der Waals surface area contributed by atoms with E-state index in [0.717, 1.165) is 12.8 Å². The zero-order valence-corrected chi connectivity index (χ0v) is 11.7. The quantitative estimate of drug-likeness (QED) is 0.463. The molecule has 2 rings (SSSR count). The van der Waals surface area contributed by atoms with Gasteiger partial charge in [-0.2, -0.15) is 8.78 Å². The molecule has 0 aliphatic heterocycles. The van der Waals surface area contributed by atoms with Crippen LogP contribution in [0.3, 0.4) is 0 Å². The Labute approximate surface area is 124 Å². The Morgan fingerprint density at radius 2 is 1.77 bits per heavy atom. The van der Waals surface area contributed by atoms with Crippen LogP contribution in [0.4, 0.5) is 17.6 Å². The number of rotatable bonds is 6. The molecule has 1 N–H and O–H groups in total. The first-order valence-corrected chi connectivity index (χ1v) is 7.09. The minimum absolute atomic E-state index is 0.109. The average Bonchev–Trinajstić information content (AvgIpc) is 3.28. The largest absolute Gasteiger partial charge is 0.459 e. The van der Waals surface area contributed by atoms with Gasteiger partial charge in [0.1, 0.15) is 0 Å². The Bertz CT molecular complexity index is 463. The molecule has 0 heterocycles. The Balaban J connectivity index is 1.93. The van der Waals surface area contributed by atoms with E-state index in [-0.39, 0.29) is 18.4 Å². The minimum Gasteiger partial charge on any atom is -0.459 e. The molecule has 0 aromatic carbocycles. The summed E-state index contributed by atoms with van der Waals surface area (Å²) in [5.74, 6) is -7.38. The lowest BCUT2D eigenvalue weighted by Gasteiger charge is -2.26. The van der Waals surface area contributed by atoms with E-state index in [9.17, 15) is 27.2 Å². The lowest BCUT2D eigenvalue weighted by atomic mass is 9.82. The van der Waals surface area contributed by atoms with Gasteiger partial charge in [-0.05, 0) is 25.7 Å². The summed E-state index contributed by atoms with van der Waals surface area (Å²) in [7, 11) is 0. The van der Waals surface area contributed by atoms with Gasteiger partial charge in [0.15, 0.2) is 6.61 Å². The van der Waals surface area contributed by atoms with Gasteiger partial charge in [-0.15, -0.1) is 0 Å². The summed E-state index contributed by atoms with van der Waals surface area (Å²) in [6, 6.07) is 0.109. The Morgan fingerprint density at radius 1 is 1.18 bits per heavy atom. The summed E-state index contributed by atoms with van der Waals surface area (Å²) >= 11 is 0. The number of carbonyl (C=O) groups is 2. The van der Waals surface area contributed by atoms with Crippen LogP contribution in [-0.2, 0) is 14.3 Å². The monoisotopic (exact) mass is 323 g/mol. The van der Waals surface area contributed by atoms with Crippen LogP contribution in [-0.4, -0.2) is 36.9 Å². The van der Waals surface area contributed by atoms with Crippen molar-refractivity contribution >= 4 is 11.9 Å². The van der Waals surface area contributed by atoms with Crippen molar-refractivity contribution < 1.29 is 31.9 Å². The highest BCUT2D eigenvalue weighted by Crippen LogP contribution is 2.30. The lowest BCUT2D eigenvalue weighted by molar-refractivity contribution is -0.184. The van der Waals surface area contributed by atoms with Crippen molar-refractivity contribution in [2.24, 2.45) is 11.8 Å². The highest BCUT2D eigenvalue weighted by molar-refractivity contribution is 5.86. The Hall–Kier alpha value is -1.60. The third-order valence-corrected chi connectivity index (χ3v) is 3.72. The third kappa shape index (κ3) is 4.20. The maximum absolute atomic E-state index is 12.8. The summed E-state index contributed by atoms with van der Waals surface area (Å²) in [5, 5.41) is 2.75. The van der Waals surface area contributed by atoms with Gasteiger partial charge in [0.05, 0.1) is 11.8 Å².